The summed E-state index contributed by atoms with van der Waals surface area (Å²) in [5.74, 6) is 0.641. The lowest BCUT2D eigenvalue weighted by Gasteiger charge is -2.25. The van der Waals surface area contributed by atoms with Crippen LogP contribution in [0, 0.1) is 5.92 Å². The normalized spacial score (nSPS) is 14.8. The zero-order valence-corrected chi connectivity index (χ0v) is 14.4. The van der Waals surface area contributed by atoms with Crippen molar-refractivity contribution in [1.29, 1.82) is 0 Å². The molecule has 0 aliphatic rings. The molecule has 3 N–H and O–H groups in total. The quantitative estimate of drug-likeness (QED) is 0.792. The summed E-state index contributed by atoms with van der Waals surface area (Å²) in [6, 6.07) is 1.51. The van der Waals surface area contributed by atoms with E-state index in [1.165, 1.54) is 12.4 Å². The average Bonchev–Trinajstić information content (AvgIpc) is 2.85. The van der Waals surface area contributed by atoms with Gasteiger partial charge in [-0.2, -0.15) is 13.2 Å². The highest BCUT2D eigenvalue weighted by molar-refractivity contribution is 7.18. The second-order valence-corrected chi connectivity index (χ2v) is 7.10. The van der Waals surface area contributed by atoms with Crippen molar-refractivity contribution in [3.05, 3.63) is 17.3 Å². The molecule has 0 fully saturated rings. The first-order valence-electron chi connectivity index (χ1n) is 7.59. The predicted octanol–water partition coefficient (Wildman–Crippen LogP) is 2.58. The Kier molecular flexibility index (Phi) is 6.00. The molecule has 2 aromatic rings. The van der Waals surface area contributed by atoms with E-state index >= 15 is 0 Å². The third kappa shape index (κ3) is 5.02. The molecule has 2 aromatic heterocycles. The van der Waals surface area contributed by atoms with Crippen LogP contribution in [0.15, 0.2) is 12.4 Å². The van der Waals surface area contributed by atoms with Gasteiger partial charge in [0.2, 0.25) is 0 Å². The standard InChI is InChI=1S/C15H21F3N4OS/c1-9(23)3-10(6-19)7-22(2)13-12-4-11(5-15(16,17)18)24-14(12)21-8-20-13/h4,8-10,23H,3,5-7,19H2,1-2H3/t9-,10+/m0/s1. The molecular formula is C15H21F3N4OS. The van der Waals surface area contributed by atoms with Gasteiger partial charge in [-0.05, 0) is 31.9 Å². The third-order valence-electron chi connectivity index (χ3n) is 3.64. The predicted molar refractivity (Wildman–Crippen MR) is 89.3 cm³/mol. The van der Waals surface area contributed by atoms with Crippen LogP contribution in [0.4, 0.5) is 19.0 Å². The number of thiophene rings is 1. The molecule has 5 nitrogen and oxygen atoms in total. The van der Waals surface area contributed by atoms with Gasteiger partial charge in [0.1, 0.15) is 17.0 Å². The van der Waals surface area contributed by atoms with Crippen molar-refractivity contribution >= 4 is 27.4 Å². The van der Waals surface area contributed by atoms with Crippen molar-refractivity contribution in [3.63, 3.8) is 0 Å². The average molecular weight is 362 g/mol. The molecule has 0 saturated heterocycles. The Morgan fingerprint density at radius 3 is 2.67 bits per heavy atom. The van der Waals surface area contributed by atoms with Gasteiger partial charge >= 0.3 is 6.18 Å². The fourth-order valence-electron chi connectivity index (χ4n) is 2.68. The molecule has 0 aliphatic heterocycles. The summed E-state index contributed by atoms with van der Waals surface area (Å²) in [5, 5.41) is 10.1. The minimum Gasteiger partial charge on any atom is -0.393 e. The number of nitrogens with zero attached hydrogens (tertiary/aromatic N) is 3. The molecular weight excluding hydrogens is 341 g/mol. The van der Waals surface area contributed by atoms with E-state index in [4.69, 9.17) is 5.73 Å². The van der Waals surface area contributed by atoms with Crippen LogP contribution in [0.3, 0.4) is 0 Å². The highest BCUT2D eigenvalue weighted by atomic mass is 32.1. The lowest BCUT2D eigenvalue weighted by molar-refractivity contribution is -0.126. The lowest BCUT2D eigenvalue weighted by atomic mass is 10.0. The van der Waals surface area contributed by atoms with Crippen molar-refractivity contribution in [3.8, 4) is 0 Å². The number of aliphatic hydroxyl groups excluding tert-OH is 1. The number of nitrogens with two attached hydrogens (primary N) is 1. The number of rotatable bonds is 7. The van der Waals surface area contributed by atoms with Gasteiger partial charge in [0.25, 0.3) is 0 Å². The number of aliphatic hydroxyl groups is 1. The molecule has 0 saturated carbocycles. The molecule has 0 amide bonds. The van der Waals surface area contributed by atoms with E-state index in [9.17, 15) is 18.3 Å². The maximum absolute atomic E-state index is 12.6. The SMILES string of the molecule is C[C@H](O)C[C@H](CN)CN(C)c1ncnc2sc(CC(F)(F)F)cc12. The Labute approximate surface area is 142 Å². The molecule has 9 heteroatoms. The van der Waals surface area contributed by atoms with E-state index in [-0.39, 0.29) is 10.8 Å². The van der Waals surface area contributed by atoms with Gasteiger partial charge in [-0.25, -0.2) is 9.97 Å². The van der Waals surface area contributed by atoms with E-state index in [1.807, 2.05) is 11.9 Å². The first kappa shape index (κ1) is 18.9. The van der Waals surface area contributed by atoms with Crippen LogP contribution in [-0.4, -0.2) is 47.5 Å². The minimum atomic E-state index is -4.25. The maximum atomic E-state index is 12.6. The number of aromatic nitrogens is 2. The molecule has 0 aromatic carbocycles. The summed E-state index contributed by atoms with van der Waals surface area (Å²) in [5.41, 5.74) is 5.74. The van der Waals surface area contributed by atoms with Crippen LogP contribution in [0.1, 0.15) is 18.2 Å². The number of hydrogen-bond acceptors (Lipinski definition) is 6. The molecule has 24 heavy (non-hydrogen) atoms. The number of hydrogen-bond donors (Lipinski definition) is 2. The van der Waals surface area contributed by atoms with Crippen molar-refractivity contribution in [2.75, 3.05) is 25.0 Å². The zero-order valence-electron chi connectivity index (χ0n) is 13.5. The molecule has 0 unspecified atom stereocenters. The molecule has 134 valence electrons. The zero-order chi connectivity index (χ0) is 17.9. The van der Waals surface area contributed by atoms with Gasteiger partial charge in [-0.15, -0.1) is 11.3 Å². The van der Waals surface area contributed by atoms with Crippen LogP contribution in [0.25, 0.3) is 10.2 Å². The fourth-order valence-corrected chi connectivity index (χ4v) is 3.70. The van der Waals surface area contributed by atoms with Crippen LogP contribution >= 0.6 is 11.3 Å². The largest absolute Gasteiger partial charge is 0.393 e. The lowest BCUT2D eigenvalue weighted by Crippen LogP contribution is -2.32. The third-order valence-corrected chi connectivity index (χ3v) is 4.68. The molecule has 0 spiro atoms. The van der Waals surface area contributed by atoms with E-state index in [2.05, 4.69) is 9.97 Å². The second kappa shape index (κ2) is 7.62. The monoisotopic (exact) mass is 362 g/mol. The van der Waals surface area contributed by atoms with Crippen molar-refractivity contribution in [1.82, 2.24) is 9.97 Å². The fraction of sp³-hybridized carbons (Fsp3) is 0.600. The van der Waals surface area contributed by atoms with Gasteiger partial charge < -0.3 is 15.7 Å². The molecule has 2 atom stereocenters. The first-order chi connectivity index (χ1) is 11.2. The van der Waals surface area contributed by atoms with E-state index in [0.29, 0.717) is 35.5 Å². The Morgan fingerprint density at radius 2 is 2.08 bits per heavy atom. The molecule has 0 aliphatic carbocycles. The van der Waals surface area contributed by atoms with Crippen LogP contribution in [0.2, 0.25) is 0 Å². The Morgan fingerprint density at radius 1 is 1.38 bits per heavy atom. The second-order valence-electron chi connectivity index (χ2n) is 5.99. The first-order valence-corrected chi connectivity index (χ1v) is 8.40. The van der Waals surface area contributed by atoms with Crippen LogP contribution < -0.4 is 10.6 Å². The number of alkyl halides is 3. The number of anilines is 1. The van der Waals surface area contributed by atoms with Gasteiger partial charge in [-0.3, -0.25) is 0 Å². The summed E-state index contributed by atoms with van der Waals surface area (Å²) in [4.78, 5) is 10.9. The van der Waals surface area contributed by atoms with Gasteiger partial charge in [-0.1, -0.05) is 0 Å². The van der Waals surface area contributed by atoms with E-state index < -0.39 is 18.7 Å². The smallest absolute Gasteiger partial charge is 0.393 e. The van der Waals surface area contributed by atoms with Gasteiger partial charge in [0, 0.05) is 18.5 Å². The Balaban J connectivity index is 2.24. The molecule has 2 rings (SSSR count). The van der Waals surface area contributed by atoms with Crippen molar-refractivity contribution < 1.29 is 18.3 Å². The number of fused-ring (bicyclic) bond motifs is 1. The highest BCUT2D eigenvalue weighted by Crippen LogP contribution is 2.33. The number of halogens is 3. The highest BCUT2D eigenvalue weighted by Gasteiger charge is 2.29. The Bertz CT molecular complexity index is 674. The van der Waals surface area contributed by atoms with E-state index in [1.54, 1.807) is 6.92 Å². The topological polar surface area (TPSA) is 75.3 Å². The summed E-state index contributed by atoms with van der Waals surface area (Å²) < 4.78 is 37.8. The maximum Gasteiger partial charge on any atom is 0.393 e. The minimum absolute atomic E-state index is 0.0632. The summed E-state index contributed by atoms with van der Waals surface area (Å²) in [6.07, 6.45) is -3.77. The van der Waals surface area contributed by atoms with Crippen molar-refractivity contribution in [2.24, 2.45) is 11.7 Å². The summed E-state index contributed by atoms with van der Waals surface area (Å²) >= 11 is 1.03. The molecule has 2 heterocycles. The summed E-state index contributed by atoms with van der Waals surface area (Å²) in [6.45, 7) is 2.66. The summed E-state index contributed by atoms with van der Waals surface area (Å²) in [7, 11) is 1.81. The van der Waals surface area contributed by atoms with Crippen LogP contribution in [-0.2, 0) is 6.42 Å². The van der Waals surface area contributed by atoms with Crippen LogP contribution in [0.5, 0.6) is 0 Å². The van der Waals surface area contributed by atoms with Crippen molar-refractivity contribution in [2.45, 2.75) is 32.0 Å². The van der Waals surface area contributed by atoms with E-state index in [0.717, 1.165) is 11.3 Å². The van der Waals surface area contributed by atoms with Gasteiger partial charge in [0.05, 0.1) is 17.9 Å². The Hall–Kier alpha value is -1.45. The molecule has 0 radical (unpaired) electrons. The molecule has 0 bridgehead atoms. The van der Waals surface area contributed by atoms with Gasteiger partial charge in [0.15, 0.2) is 0 Å².